The molecule has 1 aliphatic heterocycles. The van der Waals surface area contributed by atoms with Gasteiger partial charge < -0.3 is 15.4 Å². The third-order valence-corrected chi connectivity index (χ3v) is 7.52. The topological polar surface area (TPSA) is 64.3 Å². The van der Waals surface area contributed by atoms with E-state index in [0.717, 1.165) is 68.3 Å². The van der Waals surface area contributed by atoms with Crippen LogP contribution in [0.15, 0.2) is 72.9 Å². The van der Waals surface area contributed by atoms with Crippen LogP contribution in [0.5, 0.6) is 5.75 Å². The largest absolute Gasteiger partial charge is 0.491 e. The van der Waals surface area contributed by atoms with Crippen LogP contribution in [0.4, 0.5) is 15.2 Å². The van der Waals surface area contributed by atoms with Crippen molar-refractivity contribution in [1.29, 1.82) is 0 Å². The van der Waals surface area contributed by atoms with E-state index in [4.69, 9.17) is 10.5 Å². The molecule has 6 rings (SSSR count). The van der Waals surface area contributed by atoms with E-state index in [1.54, 1.807) is 0 Å². The van der Waals surface area contributed by atoms with E-state index in [1.807, 2.05) is 25.3 Å². The highest BCUT2D eigenvalue weighted by molar-refractivity contribution is 7.22. The zero-order chi connectivity index (χ0) is 24.6. The number of halogens is 1. The van der Waals surface area contributed by atoms with Crippen molar-refractivity contribution in [3.8, 4) is 16.9 Å². The van der Waals surface area contributed by atoms with Crippen molar-refractivity contribution in [3.05, 3.63) is 101 Å². The van der Waals surface area contributed by atoms with Crippen molar-refractivity contribution >= 4 is 32.4 Å². The minimum Gasteiger partial charge on any atom is -0.491 e. The molecule has 0 saturated heterocycles. The Hall–Kier alpha value is -3.97. The van der Waals surface area contributed by atoms with E-state index >= 15 is 0 Å². The maximum Gasteiger partial charge on any atom is 0.181 e. The first-order chi connectivity index (χ1) is 17.5. The van der Waals surface area contributed by atoms with Gasteiger partial charge in [-0.1, -0.05) is 35.6 Å². The van der Waals surface area contributed by atoms with Crippen LogP contribution in [-0.2, 0) is 13.0 Å². The second kappa shape index (κ2) is 9.24. The quantitative estimate of drug-likeness (QED) is 0.313. The molecule has 5 aromatic rings. The molecular weight excluding hydrogens is 471 g/mol. The van der Waals surface area contributed by atoms with Crippen molar-refractivity contribution < 1.29 is 9.13 Å². The molecule has 2 aromatic heterocycles. The van der Waals surface area contributed by atoms with Gasteiger partial charge in [0.2, 0.25) is 0 Å². The molecule has 0 aliphatic carbocycles. The molecule has 36 heavy (non-hydrogen) atoms. The van der Waals surface area contributed by atoms with E-state index in [-0.39, 0.29) is 5.82 Å². The van der Waals surface area contributed by atoms with E-state index in [2.05, 4.69) is 57.3 Å². The summed E-state index contributed by atoms with van der Waals surface area (Å²) in [5.41, 5.74) is 14.5. The fourth-order valence-corrected chi connectivity index (χ4v) is 5.52. The second-order valence-electron chi connectivity index (χ2n) is 9.02. The lowest BCUT2D eigenvalue weighted by molar-refractivity contribution is 0.331. The molecule has 0 spiro atoms. The molecule has 7 heteroatoms. The van der Waals surface area contributed by atoms with Crippen molar-refractivity contribution in [3.63, 3.8) is 0 Å². The molecule has 0 unspecified atom stereocenters. The number of nitrogens with zero attached hydrogens (tertiary/aromatic N) is 3. The van der Waals surface area contributed by atoms with Gasteiger partial charge >= 0.3 is 0 Å². The number of pyridine rings is 1. The number of thiazole rings is 1. The second-order valence-corrected chi connectivity index (χ2v) is 10.1. The monoisotopic (exact) mass is 496 g/mol. The number of nitrogens with two attached hydrogens (primary N) is 1. The van der Waals surface area contributed by atoms with Crippen LogP contribution in [0.3, 0.4) is 0 Å². The molecule has 180 valence electrons. The molecular formula is C29H25FN4OS. The Labute approximate surface area is 213 Å². The number of anilines is 2. The van der Waals surface area contributed by atoms with Gasteiger partial charge in [-0.3, -0.25) is 4.98 Å². The summed E-state index contributed by atoms with van der Waals surface area (Å²) in [7, 11) is 0. The number of hydrogen-bond donors (Lipinski definition) is 1. The summed E-state index contributed by atoms with van der Waals surface area (Å²) in [6.07, 6.45) is 2.55. The molecule has 3 heterocycles. The maximum atomic E-state index is 13.5. The number of aryl methyl sites for hydroxylation is 1. The fourth-order valence-electron chi connectivity index (χ4n) is 4.81. The van der Waals surface area contributed by atoms with Crippen LogP contribution >= 0.6 is 11.3 Å². The Morgan fingerprint density at radius 3 is 2.69 bits per heavy atom. The van der Waals surface area contributed by atoms with E-state index in [1.165, 1.54) is 23.5 Å². The number of hydrogen-bond acceptors (Lipinski definition) is 6. The molecule has 2 N–H and O–H groups in total. The normalized spacial score (nSPS) is 13.3. The summed E-state index contributed by atoms with van der Waals surface area (Å²) in [4.78, 5) is 11.4. The molecule has 0 fully saturated rings. The highest BCUT2D eigenvalue weighted by Gasteiger charge is 2.20. The standard InChI is InChI=1S/C29H25FN4OS/c1-18-24(14-19-2-6-23(30)7-3-19)26(10-11-32-18)34-12-13-35-27-8-4-20(15-22(27)17-34)21-5-9-28-25(16-21)33-29(31)36-28/h2-11,15-16H,12-14,17H2,1H3,(H2,31,33). The SMILES string of the molecule is Cc1nccc(N2CCOc3ccc(-c4ccc5sc(N)nc5c4)cc3C2)c1Cc1ccc(F)cc1. The smallest absolute Gasteiger partial charge is 0.181 e. The average Bonchev–Trinajstić information content (AvgIpc) is 3.12. The van der Waals surface area contributed by atoms with Gasteiger partial charge in [-0.15, -0.1) is 0 Å². The summed E-state index contributed by atoms with van der Waals surface area (Å²) in [5, 5.41) is 0.581. The zero-order valence-corrected chi connectivity index (χ0v) is 20.7. The van der Waals surface area contributed by atoms with E-state index < -0.39 is 0 Å². The van der Waals surface area contributed by atoms with Gasteiger partial charge in [-0.2, -0.15) is 0 Å². The average molecular weight is 497 g/mol. The molecule has 0 radical (unpaired) electrons. The molecule has 0 amide bonds. The Morgan fingerprint density at radius 2 is 1.83 bits per heavy atom. The summed E-state index contributed by atoms with van der Waals surface area (Å²) in [5.74, 6) is 0.683. The van der Waals surface area contributed by atoms with E-state index in [0.29, 0.717) is 18.2 Å². The highest BCUT2D eigenvalue weighted by Crippen LogP contribution is 2.34. The van der Waals surface area contributed by atoms with Crippen LogP contribution in [0.2, 0.25) is 0 Å². The van der Waals surface area contributed by atoms with Gasteiger partial charge in [0.05, 0.1) is 16.8 Å². The molecule has 0 atom stereocenters. The molecule has 3 aromatic carbocycles. The van der Waals surface area contributed by atoms with Crippen LogP contribution in [0, 0.1) is 12.7 Å². The fraction of sp³-hybridized carbons (Fsp3) is 0.172. The molecule has 1 aliphatic rings. The van der Waals surface area contributed by atoms with Gasteiger partial charge in [0.15, 0.2) is 5.13 Å². The first-order valence-corrected chi connectivity index (χ1v) is 12.7. The van der Waals surface area contributed by atoms with Crippen molar-refractivity contribution in [2.45, 2.75) is 19.9 Å². The van der Waals surface area contributed by atoms with Gasteiger partial charge in [0.1, 0.15) is 18.2 Å². The first-order valence-electron chi connectivity index (χ1n) is 11.9. The summed E-state index contributed by atoms with van der Waals surface area (Å²) in [6.45, 7) is 4.10. The Morgan fingerprint density at radius 1 is 1.03 bits per heavy atom. The molecule has 5 nitrogen and oxygen atoms in total. The number of aromatic nitrogens is 2. The number of rotatable bonds is 4. The minimum absolute atomic E-state index is 0.226. The first kappa shape index (κ1) is 22.5. The van der Waals surface area contributed by atoms with Gasteiger partial charge in [0.25, 0.3) is 0 Å². The Balaban J connectivity index is 1.34. The van der Waals surface area contributed by atoms with Crippen molar-refractivity contribution in [1.82, 2.24) is 9.97 Å². The summed E-state index contributed by atoms with van der Waals surface area (Å²) < 4.78 is 20.7. The van der Waals surface area contributed by atoms with Crippen LogP contribution in [0.1, 0.15) is 22.4 Å². The van der Waals surface area contributed by atoms with Crippen molar-refractivity contribution in [2.75, 3.05) is 23.8 Å². The highest BCUT2D eigenvalue weighted by atomic mass is 32.1. The van der Waals surface area contributed by atoms with Crippen LogP contribution in [0.25, 0.3) is 21.3 Å². The third-order valence-electron chi connectivity index (χ3n) is 6.66. The maximum absolute atomic E-state index is 13.5. The minimum atomic E-state index is -0.226. The lowest BCUT2D eigenvalue weighted by atomic mass is 10.00. The lowest BCUT2D eigenvalue weighted by Gasteiger charge is -2.26. The van der Waals surface area contributed by atoms with Crippen LogP contribution < -0.4 is 15.4 Å². The summed E-state index contributed by atoms with van der Waals surface area (Å²) >= 11 is 1.50. The number of ether oxygens (including phenoxy) is 1. The van der Waals surface area contributed by atoms with E-state index in [9.17, 15) is 4.39 Å². The number of benzene rings is 3. The lowest BCUT2D eigenvalue weighted by Crippen LogP contribution is -2.26. The predicted octanol–water partition coefficient (Wildman–Crippen LogP) is 6.38. The third kappa shape index (κ3) is 4.38. The summed E-state index contributed by atoms with van der Waals surface area (Å²) in [6, 6.07) is 21.4. The van der Waals surface area contributed by atoms with Crippen molar-refractivity contribution in [2.24, 2.45) is 0 Å². The van der Waals surface area contributed by atoms with Gasteiger partial charge in [-0.25, -0.2) is 9.37 Å². The van der Waals surface area contributed by atoms with Crippen LogP contribution in [-0.4, -0.2) is 23.1 Å². The zero-order valence-electron chi connectivity index (χ0n) is 19.9. The molecule has 0 saturated carbocycles. The van der Waals surface area contributed by atoms with Gasteiger partial charge in [0, 0.05) is 41.7 Å². The number of nitrogen functional groups attached to an aromatic ring is 1. The molecule has 0 bridgehead atoms. The Bertz CT molecular complexity index is 1560. The predicted molar refractivity (Wildman–Crippen MR) is 144 cm³/mol. The van der Waals surface area contributed by atoms with Gasteiger partial charge in [-0.05, 0) is 66.1 Å². The Kier molecular flexibility index (Phi) is 5.77. The number of fused-ring (bicyclic) bond motifs is 2.